The predicted molar refractivity (Wildman–Crippen MR) is 200 cm³/mol. The summed E-state index contributed by atoms with van der Waals surface area (Å²) >= 11 is 0. The Morgan fingerprint density at radius 1 is 0.481 bits per heavy atom. The number of carbonyl (C=O) groups excluding carboxylic acids is 2. The number of hydrogen-bond acceptors (Lipinski definition) is 7. The molecule has 0 radical (unpaired) electrons. The lowest BCUT2D eigenvalue weighted by Gasteiger charge is -2.22. The number of rotatable bonds is 15. The van der Waals surface area contributed by atoms with E-state index in [2.05, 4.69) is 6.58 Å². The molecule has 0 unspecified atom stereocenters. The number of ether oxygens (including phenoxy) is 5. The lowest BCUT2D eigenvalue weighted by atomic mass is 9.92. The second kappa shape index (κ2) is 17.4. The highest BCUT2D eigenvalue weighted by atomic mass is 16.5. The van der Waals surface area contributed by atoms with Crippen molar-refractivity contribution in [3.05, 3.63) is 203 Å². The minimum atomic E-state index is -0.558. The molecule has 52 heavy (non-hydrogen) atoms. The van der Waals surface area contributed by atoms with E-state index in [-0.39, 0.29) is 37.6 Å². The Balaban J connectivity index is 1.43. The van der Waals surface area contributed by atoms with E-state index in [1.165, 1.54) is 7.11 Å². The van der Waals surface area contributed by atoms with Crippen LogP contribution in [0, 0.1) is 0 Å². The van der Waals surface area contributed by atoms with Crippen molar-refractivity contribution in [3.63, 3.8) is 0 Å². The lowest BCUT2D eigenvalue weighted by molar-refractivity contribution is 0.0463. The molecule has 6 rings (SSSR count). The van der Waals surface area contributed by atoms with Gasteiger partial charge in [-0.05, 0) is 52.1 Å². The zero-order valence-corrected chi connectivity index (χ0v) is 28.8. The molecule has 0 atom stereocenters. The topological polar surface area (TPSA) is 80.3 Å². The van der Waals surface area contributed by atoms with Gasteiger partial charge in [0.05, 0.1) is 23.8 Å². The van der Waals surface area contributed by atoms with Gasteiger partial charge in [-0.2, -0.15) is 0 Å². The summed E-state index contributed by atoms with van der Waals surface area (Å²) in [6.07, 6.45) is 0. The highest BCUT2D eigenvalue weighted by molar-refractivity contribution is 6.01. The summed E-state index contributed by atoms with van der Waals surface area (Å²) in [6.45, 7) is 5.01. The van der Waals surface area contributed by atoms with Crippen molar-refractivity contribution in [1.82, 2.24) is 0 Å². The summed E-state index contributed by atoms with van der Waals surface area (Å²) in [6, 6.07) is 46.6. The zero-order chi connectivity index (χ0) is 36.1. The van der Waals surface area contributed by atoms with Crippen LogP contribution in [0.15, 0.2) is 158 Å². The fourth-order valence-corrected chi connectivity index (χ4v) is 5.62. The van der Waals surface area contributed by atoms with E-state index in [9.17, 15) is 9.59 Å². The molecule has 0 saturated carbocycles. The van der Waals surface area contributed by atoms with E-state index in [1.807, 2.05) is 121 Å². The van der Waals surface area contributed by atoms with Gasteiger partial charge in [-0.15, -0.1) is 0 Å². The minimum Gasteiger partial charge on any atom is -0.496 e. The van der Waals surface area contributed by atoms with E-state index in [1.54, 1.807) is 30.3 Å². The largest absolute Gasteiger partial charge is 0.496 e. The van der Waals surface area contributed by atoms with Crippen LogP contribution in [0.3, 0.4) is 0 Å². The molecule has 0 aromatic heterocycles. The molecule has 6 aromatic rings. The maximum Gasteiger partial charge on any atom is 0.339 e. The molecule has 260 valence electrons. The first-order valence-corrected chi connectivity index (χ1v) is 16.8. The van der Waals surface area contributed by atoms with Crippen LogP contribution in [-0.2, 0) is 35.9 Å². The number of carbonyl (C=O) groups is 2. The van der Waals surface area contributed by atoms with Gasteiger partial charge in [-0.3, -0.25) is 0 Å². The molecule has 7 heteroatoms. The van der Waals surface area contributed by atoms with E-state index in [4.69, 9.17) is 23.7 Å². The van der Waals surface area contributed by atoms with Crippen LogP contribution in [-0.4, -0.2) is 19.0 Å². The summed E-state index contributed by atoms with van der Waals surface area (Å²) in [4.78, 5) is 27.3. The molecule has 0 heterocycles. The van der Waals surface area contributed by atoms with E-state index in [0.29, 0.717) is 33.9 Å². The molecule has 0 bridgehead atoms. The lowest BCUT2D eigenvalue weighted by Crippen LogP contribution is -2.12. The van der Waals surface area contributed by atoms with Crippen molar-refractivity contribution in [1.29, 1.82) is 0 Å². The third-order valence-electron chi connectivity index (χ3n) is 8.27. The monoisotopic (exact) mass is 690 g/mol. The Labute approximate surface area is 303 Å². The standard InChI is InChI=1S/C45H38O7/c1-32(42-38(24-15-25-39(42)48-2)45(47)52-31-36-22-13-6-14-23-36)43-40(49-28-33-16-7-3-8-17-33)26-37(44(46)51-30-35-20-11-5-12-21-35)27-41(43)50-29-34-18-9-4-10-19-34/h3-27H,1,28-31H2,2H3. The average Bonchev–Trinajstić information content (AvgIpc) is 3.21. The fraction of sp³-hybridized carbons (Fsp3) is 0.111. The number of hydrogen-bond donors (Lipinski definition) is 0. The van der Waals surface area contributed by atoms with Crippen LogP contribution in [0.5, 0.6) is 17.2 Å². The third-order valence-corrected chi connectivity index (χ3v) is 8.27. The van der Waals surface area contributed by atoms with E-state index < -0.39 is 11.9 Å². The summed E-state index contributed by atoms with van der Waals surface area (Å²) in [7, 11) is 1.52. The molecule has 0 N–H and O–H groups in total. The maximum atomic E-state index is 13.7. The molecule has 0 spiro atoms. The summed E-state index contributed by atoms with van der Waals surface area (Å²) < 4.78 is 30.3. The van der Waals surface area contributed by atoms with Gasteiger partial charge in [0.15, 0.2) is 0 Å². The van der Waals surface area contributed by atoms with Crippen LogP contribution in [0.1, 0.15) is 54.1 Å². The van der Waals surface area contributed by atoms with Crippen molar-refractivity contribution in [3.8, 4) is 17.2 Å². The first-order chi connectivity index (χ1) is 25.5. The number of esters is 2. The molecule has 0 aliphatic rings. The highest BCUT2D eigenvalue weighted by Gasteiger charge is 2.27. The van der Waals surface area contributed by atoms with Crippen LogP contribution < -0.4 is 14.2 Å². The normalized spacial score (nSPS) is 10.6. The average molecular weight is 691 g/mol. The van der Waals surface area contributed by atoms with E-state index >= 15 is 0 Å². The van der Waals surface area contributed by atoms with Gasteiger partial charge in [0.25, 0.3) is 0 Å². The van der Waals surface area contributed by atoms with Gasteiger partial charge >= 0.3 is 11.9 Å². The molecule has 7 nitrogen and oxygen atoms in total. The quantitative estimate of drug-likeness (QED) is 0.0993. The second-order valence-corrected chi connectivity index (χ2v) is 11.9. The van der Waals surface area contributed by atoms with Crippen molar-refractivity contribution in [2.45, 2.75) is 26.4 Å². The summed E-state index contributed by atoms with van der Waals surface area (Å²) in [5.41, 5.74) is 5.20. The van der Waals surface area contributed by atoms with Crippen LogP contribution >= 0.6 is 0 Å². The first kappa shape index (κ1) is 35.2. The van der Waals surface area contributed by atoms with Crippen molar-refractivity contribution >= 4 is 17.5 Å². The Morgan fingerprint density at radius 2 is 0.904 bits per heavy atom. The Bertz CT molecular complexity index is 2050. The fourth-order valence-electron chi connectivity index (χ4n) is 5.62. The molecule has 0 amide bonds. The molecular weight excluding hydrogens is 652 g/mol. The Kier molecular flexibility index (Phi) is 11.8. The van der Waals surface area contributed by atoms with Crippen molar-refractivity contribution in [2.75, 3.05) is 7.11 Å². The molecule has 6 aromatic carbocycles. The minimum absolute atomic E-state index is 0.0828. The van der Waals surface area contributed by atoms with E-state index in [0.717, 1.165) is 22.3 Å². The maximum absolute atomic E-state index is 13.7. The first-order valence-electron chi connectivity index (χ1n) is 16.8. The molecule has 0 aliphatic heterocycles. The molecule has 0 fully saturated rings. The van der Waals surface area contributed by atoms with Crippen LogP contribution in [0.4, 0.5) is 0 Å². The summed E-state index contributed by atoms with van der Waals surface area (Å²) in [5.74, 6) is -0.106. The van der Waals surface area contributed by atoms with Gasteiger partial charge in [0.1, 0.15) is 43.7 Å². The van der Waals surface area contributed by atoms with Crippen molar-refractivity contribution in [2.24, 2.45) is 0 Å². The summed E-state index contributed by atoms with van der Waals surface area (Å²) in [5, 5.41) is 0. The van der Waals surface area contributed by atoms with Crippen molar-refractivity contribution < 1.29 is 33.3 Å². The van der Waals surface area contributed by atoms with Crippen LogP contribution in [0.2, 0.25) is 0 Å². The predicted octanol–water partition coefficient (Wildman–Crippen LogP) is 9.63. The molecular formula is C45H38O7. The van der Waals surface area contributed by atoms with Gasteiger partial charge in [0, 0.05) is 5.56 Å². The molecule has 0 saturated heterocycles. The Morgan fingerprint density at radius 3 is 1.35 bits per heavy atom. The van der Waals surface area contributed by atoms with Gasteiger partial charge in [-0.1, -0.05) is 134 Å². The van der Waals surface area contributed by atoms with Gasteiger partial charge < -0.3 is 23.7 Å². The van der Waals surface area contributed by atoms with Gasteiger partial charge in [0.2, 0.25) is 0 Å². The highest BCUT2D eigenvalue weighted by Crippen LogP contribution is 2.43. The van der Waals surface area contributed by atoms with Crippen LogP contribution in [0.25, 0.3) is 5.57 Å². The third kappa shape index (κ3) is 8.94. The number of methoxy groups -OCH3 is 1. The second-order valence-electron chi connectivity index (χ2n) is 11.9. The molecule has 0 aliphatic carbocycles. The number of benzene rings is 6. The smallest absolute Gasteiger partial charge is 0.339 e. The zero-order valence-electron chi connectivity index (χ0n) is 28.8. The SMILES string of the molecule is C=C(c1c(OCc2ccccc2)cc(C(=O)OCc2ccccc2)cc1OCc1ccccc1)c1c(OC)cccc1C(=O)OCc1ccccc1. The van der Waals surface area contributed by atoms with Gasteiger partial charge in [-0.25, -0.2) is 9.59 Å². The Hall–Kier alpha value is -6.60.